The lowest BCUT2D eigenvalue weighted by atomic mass is 10.3. The molecule has 0 amide bonds. The first kappa shape index (κ1) is 12.0. The molecule has 76 valence electrons. The maximum atomic E-state index is 10.3. The Hall–Kier alpha value is -1.03. The van der Waals surface area contributed by atoms with Gasteiger partial charge in [0.15, 0.2) is 6.10 Å². The summed E-state index contributed by atoms with van der Waals surface area (Å²) < 4.78 is 9.88. The largest absolute Gasteiger partial charge is 0.502 e. The molecule has 0 radical (unpaired) electrons. The molecule has 0 aliphatic heterocycles. The van der Waals surface area contributed by atoms with Crippen molar-refractivity contribution < 1.29 is 19.4 Å². The second kappa shape index (κ2) is 7.61. The average molecular weight is 188 g/mol. The lowest BCUT2D eigenvalue weighted by molar-refractivity contribution is -0.149. The summed E-state index contributed by atoms with van der Waals surface area (Å²) in [6.45, 7) is 5.97. The molecule has 0 fully saturated rings. The van der Waals surface area contributed by atoms with Crippen LogP contribution in [0.15, 0.2) is 12.8 Å². The quantitative estimate of drug-likeness (QED) is 0.462. The Labute approximate surface area is 78.2 Å². The van der Waals surface area contributed by atoms with Gasteiger partial charge >= 0.3 is 5.97 Å². The van der Waals surface area contributed by atoms with Crippen molar-refractivity contribution in [3.05, 3.63) is 12.8 Å². The summed E-state index contributed by atoms with van der Waals surface area (Å²) in [5.74, 6) is -0.928. The molecular formula is C9H16O4. The topological polar surface area (TPSA) is 55.8 Å². The molecule has 4 nitrogen and oxygen atoms in total. The van der Waals surface area contributed by atoms with E-state index in [0.29, 0.717) is 13.2 Å². The van der Waals surface area contributed by atoms with E-state index in [1.165, 1.54) is 13.2 Å². The van der Waals surface area contributed by atoms with E-state index in [0.717, 1.165) is 12.8 Å². The second-order valence-electron chi connectivity index (χ2n) is 2.60. The van der Waals surface area contributed by atoms with Gasteiger partial charge in [0.05, 0.1) is 12.9 Å². The average Bonchev–Trinajstić information content (AvgIpc) is 2.10. The Morgan fingerprint density at radius 1 is 1.54 bits per heavy atom. The highest BCUT2D eigenvalue weighted by Crippen LogP contribution is 1.96. The summed E-state index contributed by atoms with van der Waals surface area (Å²) in [5.41, 5.74) is 0. The third-order valence-electron chi connectivity index (χ3n) is 1.49. The van der Waals surface area contributed by atoms with Crippen molar-refractivity contribution in [1.82, 2.24) is 0 Å². The van der Waals surface area contributed by atoms with Crippen LogP contribution in [0.3, 0.4) is 0 Å². The van der Waals surface area contributed by atoms with E-state index in [-0.39, 0.29) is 0 Å². The van der Waals surface area contributed by atoms with Crippen LogP contribution in [-0.4, -0.2) is 30.4 Å². The minimum Gasteiger partial charge on any atom is -0.502 e. The van der Waals surface area contributed by atoms with Crippen LogP contribution in [0.4, 0.5) is 0 Å². The van der Waals surface area contributed by atoms with Gasteiger partial charge < -0.3 is 14.6 Å². The fraction of sp³-hybridized carbons (Fsp3) is 0.667. The number of aliphatic carboxylic acids is 1. The predicted molar refractivity (Wildman–Crippen MR) is 48.4 cm³/mol. The molecule has 0 aromatic carbocycles. The Morgan fingerprint density at radius 2 is 2.15 bits per heavy atom. The highest BCUT2D eigenvalue weighted by molar-refractivity contribution is 5.71. The van der Waals surface area contributed by atoms with Crippen LogP contribution in [0.1, 0.15) is 19.8 Å². The lowest BCUT2D eigenvalue weighted by Crippen LogP contribution is -2.20. The molecule has 1 atom stereocenters. The molecule has 0 rings (SSSR count). The van der Waals surface area contributed by atoms with Crippen molar-refractivity contribution in [2.45, 2.75) is 25.9 Å². The maximum absolute atomic E-state index is 10.3. The standard InChI is InChI=1S/C9H16O4/c1-3-12-6-4-5-7-13-8(2)9(10)11/h3,8H,1,4-7H2,2H3,(H,10,11). The van der Waals surface area contributed by atoms with E-state index >= 15 is 0 Å². The van der Waals surface area contributed by atoms with Gasteiger partial charge in [0.1, 0.15) is 0 Å². The van der Waals surface area contributed by atoms with Gasteiger partial charge in [-0.25, -0.2) is 4.79 Å². The van der Waals surface area contributed by atoms with Crippen molar-refractivity contribution in [1.29, 1.82) is 0 Å². The number of carbonyl (C=O) groups is 1. The number of unbranched alkanes of at least 4 members (excludes halogenated alkanes) is 1. The van der Waals surface area contributed by atoms with Crippen molar-refractivity contribution >= 4 is 5.97 Å². The molecule has 1 unspecified atom stereocenters. The van der Waals surface area contributed by atoms with Crippen molar-refractivity contribution in [2.75, 3.05) is 13.2 Å². The van der Waals surface area contributed by atoms with Crippen molar-refractivity contribution in [3.63, 3.8) is 0 Å². The first-order valence-electron chi connectivity index (χ1n) is 4.25. The summed E-state index contributed by atoms with van der Waals surface area (Å²) in [4.78, 5) is 10.3. The van der Waals surface area contributed by atoms with Crippen LogP contribution < -0.4 is 0 Å². The number of hydrogen-bond donors (Lipinski definition) is 1. The Morgan fingerprint density at radius 3 is 2.69 bits per heavy atom. The molecule has 0 heterocycles. The second-order valence-corrected chi connectivity index (χ2v) is 2.60. The van der Waals surface area contributed by atoms with Gasteiger partial charge in [0.2, 0.25) is 0 Å². The zero-order valence-corrected chi connectivity index (χ0v) is 7.86. The van der Waals surface area contributed by atoms with Gasteiger partial charge in [-0.3, -0.25) is 0 Å². The first-order chi connectivity index (χ1) is 6.18. The summed E-state index contributed by atoms with van der Waals surface area (Å²) in [6, 6.07) is 0. The highest BCUT2D eigenvalue weighted by atomic mass is 16.5. The highest BCUT2D eigenvalue weighted by Gasteiger charge is 2.09. The molecule has 0 spiro atoms. The molecule has 0 aliphatic rings. The summed E-state index contributed by atoms with van der Waals surface area (Å²) in [5, 5.41) is 8.46. The van der Waals surface area contributed by atoms with Crippen molar-refractivity contribution in [2.24, 2.45) is 0 Å². The van der Waals surface area contributed by atoms with Crippen LogP contribution in [0.2, 0.25) is 0 Å². The number of rotatable bonds is 8. The first-order valence-corrected chi connectivity index (χ1v) is 4.25. The normalized spacial score (nSPS) is 12.1. The smallest absolute Gasteiger partial charge is 0.332 e. The van der Waals surface area contributed by atoms with Gasteiger partial charge in [-0.05, 0) is 19.8 Å². The van der Waals surface area contributed by atoms with Gasteiger partial charge in [-0.1, -0.05) is 6.58 Å². The molecule has 4 heteroatoms. The third kappa shape index (κ3) is 7.33. The number of hydrogen-bond acceptors (Lipinski definition) is 3. The number of carboxylic acids is 1. The van der Waals surface area contributed by atoms with Crippen molar-refractivity contribution in [3.8, 4) is 0 Å². The van der Waals surface area contributed by atoms with Crippen LogP contribution in [-0.2, 0) is 14.3 Å². The fourth-order valence-corrected chi connectivity index (χ4v) is 0.702. The summed E-state index contributed by atoms with van der Waals surface area (Å²) in [7, 11) is 0. The molecular weight excluding hydrogens is 172 g/mol. The Kier molecular flexibility index (Phi) is 7.01. The van der Waals surface area contributed by atoms with E-state index in [1.54, 1.807) is 0 Å². The lowest BCUT2D eigenvalue weighted by Gasteiger charge is -2.07. The minimum atomic E-state index is -0.928. The summed E-state index contributed by atoms with van der Waals surface area (Å²) >= 11 is 0. The van der Waals surface area contributed by atoms with Gasteiger partial charge in [0, 0.05) is 6.61 Å². The van der Waals surface area contributed by atoms with Crippen LogP contribution in [0.25, 0.3) is 0 Å². The van der Waals surface area contributed by atoms with E-state index < -0.39 is 12.1 Å². The molecule has 0 saturated heterocycles. The molecule has 1 N–H and O–H groups in total. The third-order valence-corrected chi connectivity index (χ3v) is 1.49. The molecule has 0 aliphatic carbocycles. The molecule has 0 aromatic rings. The Balaban J connectivity index is 3.15. The molecule has 13 heavy (non-hydrogen) atoms. The molecule has 0 aromatic heterocycles. The molecule has 0 bridgehead atoms. The zero-order valence-electron chi connectivity index (χ0n) is 7.86. The van der Waals surface area contributed by atoms with Crippen LogP contribution in [0.5, 0.6) is 0 Å². The summed E-state index contributed by atoms with van der Waals surface area (Å²) in [6.07, 6.45) is 2.31. The van der Waals surface area contributed by atoms with Gasteiger partial charge in [-0.2, -0.15) is 0 Å². The van der Waals surface area contributed by atoms with Gasteiger partial charge in [0.25, 0.3) is 0 Å². The van der Waals surface area contributed by atoms with Gasteiger partial charge in [-0.15, -0.1) is 0 Å². The van der Waals surface area contributed by atoms with Crippen LogP contribution >= 0.6 is 0 Å². The maximum Gasteiger partial charge on any atom is 0.332 e. The van der Waals surface area contributed by atoms with E-state index in [2.05, 4.69) is 6.58 Å². The van der Waals surface area contributed by atoms with Crippen LogP contribution in [0, 0.1) is 0 Å². The SMILES string of the molecule is C=COCCCCOC(C)C(=O)O. The monoisotopic (exact) mass is 188 g/mol. The minimum absolute atomic E-state index is 0.452. The van der Waals surface area contributed by atoms with E-state index in [4.69, 9.17) is 14.6 Å². The Bertz CT molecular complexity index is 156. The number of ether oxygens (including phenoxy) is 2. The van der Waals surface area contributed by atoms with E-state index in [1.807, 2.05) is 0 Å². The predicted octanol–water partition coefficient (Wildman–Crippen LogP) is 1.42. The zero-order chi connectivity index (χ0) is 10.1. The molecule has 0 saturated carbocycles. The number of carboxylic acid groups (broad SMARTS) is 1. The van der Waals surface area contributed by atoms with E-state index in [9.17, 15) is 4.79 Å². The fourth-order valence-electron chi connectivity index (χ4n) is 0.702.